The molecule has 0 spiro atoms. The third-order valence-corrected chi connectivity index (χ3v) is 3.34. The summed E-state index contributed by atoms with van der Waals surface area (Å²) >= 11 is 0. The van der Waals surface area contributed by atoms with Crippen LogP contribution in [0.2, 0.25) is 0 Å². The third kappa shape index (κ3) is 2.50. The van der Waals surface area contributed by atoms with Gasteiger partial charge in [0.1, 0.15) is 18.1 Å². The fourth-order valence-corrected chi connectivity index (χ4v) is 2.38. The van der Waals surface area contributed by atoms with Crippen LogP contribution < -0.4 is 9.64 Å². The molecule has 1 N–H and O–H groups in total. The first-order chi connectivity index (χ1) is 10.6. The van der Waals surface area contributed by atoms with Crippen molar-refractivity contribution < 1.29 is 23.8 Å². The van der Waals surface area contributed by atoms with Gasteiger partial charge >= 0.3 is 5.97 Å². The van der Waals surface area contributed by atoms with Crippen molar-refractivity contribution in [2.75, 3.05) is 11.4 Å². The molecule has 2 aromatic carbocycles. The van der Waals surface area contributed by atoms with Crippen molar-refractivity contribution in [3.8, 4) is 5.75 Å². The molecule has 0 fully saturated rings. The van der Waals surface area contributed by atoms with Gasteiger partial charge in [-0.1, -0.05) is 30.3 Å². The van der Waals surface area contributed by atoms with Crippen LogP contribution in [0.15, 0.2) is 48.5 Å². The molecule has 6 heteroatoms. The van der Waals surface area contributed by atoms with Crippen molar-refractivity contribution in [2.24, 2.45) is 0 Å². The second-order valence-corrected chi connectivity index (χ2v) is 4.84. The van der Waals surface area contributed by atoms with E-state index in [1.165, 1.54) is 12.1 Å². The monoisotopic (exact) mass is 301 g/mol. The Bertz CT molecular complexity index is 732. The van der Waals surface area contributed by atoms with Gasteiger partial charge in [-0.15, -0.1) is 0 Å². The average molecular weight is 301 g/mol. The van der Waals surface area contributed by atoms with E-state index in [4.69, 9.17) is 9.84 Å². The first-order valence-electron chi connectivity index (χ1n) is 6.60. The van der Waals surface area contributed by atoms with E-state index in [2.05, 4.69) is 0 Å². The van der Waals surface area contributed by atoms with Gasteiger partial charge in [-0.05, 0) is 12.1 Å². The van der Waals surface area contributed by atoms with Crippen LogP contribution in [0.3, 0.4) is 0 Å². The summed E-state index contributed by atoms with van der Waals surface area (Å²) in [5.41, 5.74) is 0.734. The van der Waals surface area contributed by atoms with Crippen molar-refractivity contribution in [1.82, 2.24) is 0 Å². The largest absolute Gasteiger partial charge is 0.480 e. The van der Waals surface area contributed by atoms with E-state index in [1.54, 1.807) is 30.3 Å². The summed E-state index contributed by atoms with van der Waals surface area (Å²) in [5, 5.41) is 9.01. The number of carboxylic acid groups (broad SMARTS) is 1. The summed E-state index contributed by atoms with van der Waals surface area (Å²) in [7, 11) is 0. The molecule has 0 saturated heterocycles. The highest BCUT2D eigenvalue weighted by Crippen LogP contribution is 2.39. The van der Waals surface area contributed by atoms with Crippen molar-refractivity contribution in [1.29, 1.82) is 0 Å². The van der Waals surface area contributed by atoms with Gasteiger partial charge in [0, 0.05) is 11.6 Å². The van der Waals surface area contributed by atoms with Crippen LogP contribution in [0.4, 0.5) is 10.1 Å². The summed E-state index contributed by atoms with van der Waals surface area (Å²) in [4.78, 5) is 24.6. The molecule has 1 amide bonds. The number of rotatable bonds is 3. The molecule has 1 heterocycles. The highest BCUT2D eigenvalue weighted by atomic mass is 19.1. The highest BCUT2D eigenvalue weighted by Gasteiger charge is 2.36. The predicted octanol–water partition coefficient (Wildman–Crippen LogP) is 2.38. The van der Waals surface area contributed by atoms with E-state index in [0.717, 1.165) is 11.0 Å². The van der Waals surface area contributed by atoms with E-state index in [-0.39, 0.29) is 11.4 Å². The fourth-order valence-electron chi connectivity index (χ4n) is 2.38. The van der Waals surface area contributed by atoms with Gasteiger partial charge in [-0.25, -0.2) is 4.39 Å². The van der Waals surface area contributed by atoms with Crippen LogP contribution >= 0.6 is 0 Å². The first kappa shape index (κ1) is 14.1. The number of anilines is 1. The number of carbonyl (C=O) groups excluding carboxylic acids is 1. The molecule has 22 heavy (non-hydrogen) atoms. The van der Waals surface area contributed by atoms with E-state index in [9.17, 15) is 14.0 Å². The van der Waals surface area contributed by atoms with Crippen molar-refractivity contribution in [3.63, 3.8) is 0 Å². The lowest BCUT2D eigenvalue weighted by Gasteiger charge is -2.33. The molecule has 1 aliphatic rings. The van der Waals surface area contributed by atoms with Gasteiger partial charge in [0.25, 0.3) is 5.91 Å². The Morgan fingerprint density at radius 1 is 1.23 bits per heavy atom. The molecule has 0 bridgehead atoms. The second-order valence-electron chi connectivity index (χ2n) is 4.84. The van der Waals surface area contributed by atoms with E-state index < -0.39 is 30.3 Å². The Hall–Kier alpha value is -2.89. The number of hydrogen-bond donors (Lipinski definition) is 1. The number of carbonyl (C=O) groups is 2. The lowest BCUT2D eigenvalue weighted by molar-refractivity contribution is -0.138. The molecule has 0 aliphatic carbocycles. The Kier molecular flexibility index (Phi) is 3.50. The van der Waals surface area contributed by atoms with Crippen LogP contribution in [-0.4, -0.2) is 23.5 Å². The molecular weight excluding hydrogens is 289 g/mol. The maximum absolute atomic E-state index is 13.4. The minimum Gasteiger partial charge on any atom is -0.480 e. The molecule has 0 radical (unpaired) electrons. The molecule has 2 aromatic rings. The molecule has 1 aliphatic heterocycles. The van der Waals surface area contributed by atoms with Crippen LogP contribution in [0.5, 0.6) is 5.75 Å². The number of nitrogens with zero attached hydrogens (tertiary/aromatic N) is 1. The van der Waals surface area contributed by atoms with Crippen LogP contribution in [-0.2, 0) is 9.59 Å². The van der Waals surface area contributed by atoms with Crippen molar-refractivity contribution in [3.05, 3.63) is 59.9 Å². The number of ether oxygens (including phenoxy) is 1. The van der Waals surface area contributed by atoms with Gasteiger partial charge in [0.15, 0.2) is 0 Å². The van der Waals surface area contributed by atoms with Crippen LogP contribution in [0.1, 0.15) is 11.7 Å². The Labute approximate surface area is 125 Å². The van der Waals surface area contributed by atoms with Crippen LogP contribution in [0.25, 0.3) is 0 Å². The summed E-state index contributed by atoms with van der Waals surface area (Å²) < 4.78 is 19.1. The topological polar surface area (TPSA) is 66.8 Å². The quantitative estimate of drug-likeness (QED) is 0.945. The van der Waals surface area contributed by atoms with Gasteiger partial charge in [0.2, 0.25) is 6.10 Å². The zero-order valence-corrected chi connectivity index (χ0v) is 11.4. The van der Waals surface area contributed by atoms with E-state index in [0.29, 0.717) is 5.56 Å². The SMILES string of the molecule is O=C(O)CN1C(=O)C(c2ccccc2)Oc2ccc(F)cc21. The normalized spacial score (nSPS) is 16.9. The van der Waals surface area contributed by atoms with Gasteiger partial charge in [-0.2, -0.15) is 0 Å². The lowest BCUT2D eigenvalue weighted by atomic mass is 10.1. The summed E-state index contributed by atoms with van der Waals surface area (Å²) in [6.45, 7) is -0.554. The summed E-state index contributed by atoms with van der Waals surface area (Å²) in [5.74, 6) is -2.01. The van der Waals surface area contributed by atoms with Gasteiger partial charge in [0.05, 0.1) is 5.69 Å². The van der Waals surface area contributed by atoms with Crippen molar-refractivity contribution >= 4 is 17.6 Å². The molecule has 112 valence electrons. The Morgan fingerprint density at radius 3 is 2.64 bits per heavy atom. The molecule has 0 saturated carbocycles. The fraction of sp³-hybridized carbons (Fsp3) is 0.125. The standard InChI is InChI=1S/C16H12FNO4/c17-11-6-7-13-12(8-11)18(9-14(19)20)16(21)15(22-13)10-4-2-1-3-5-10/h1-8,15H,9H2,(H,19,20). The molecule has 5 nitrogen and oxygen atoms in total. The average Bonchev–Trinajstić information content (AvgIpc) is 2.51. The molecule has 0 aromatic heterocycles. The first-order valence-corrected chi connectivity index (χ1v) is 6.60. The van der Waals surface area contributed by atoms with Gasteiger partial charge < -0.3 is 9.84 Å². The van der Waals surface area contributed by atoms with E-state index in [1.807, 2.05) is 0 Å². The minimum absolute atomic E-state index is 0.125. The second kappa shape index (κ2) is 5.48. The summed E-state index contributed by atoms with van der Waals surface area (Å²) in [6, 6.07) is 12.4. The number of aliphatic carboxylic acids is 1. The number of halogens is 1. The number of carboxylic acids is 1. The zero-order chi connectivity index (χ0) is 15.7. The van der Waals surface area contributed by atoms with Crippen molar-refractivity contribution in [2.45, 2.75) is 6.10 Å². The molecule has 3 rings (SSSR count). The number of benzene rings is 2. The number of amides is 1. The smallest absolute Gasteiger partial charge is 0.323 e. The number of fused-ring (bicyclic) bond motifs is 1. The maximum atomic E-state index is 13.4. The Morgan fingerprint density at radius 2 is 1.95 bits per heavy atom. The van der Waals surface area contributed by atoms with Crippen LogP contribution in [0, 0.1) is 5.82 Å². The lowest BCUT2D eigenvalue weighted by Crippen LogP contribution is -2.43. The minimum atomic E-state index is -1.18. The molecular formula is C16H12FNO4. The molecule has 1 unspecified atom stereocenters. The van der Waals surface area contributed by atoms with Gasteiger partial charge in [-0.3, -0.25) is 14.5 Å². The maximum Gasteiger partial charge on any atom is 0.323 e. The Balaban J connectivity index is 2.06. The predicted molar refractivity (Wildman–Crippen MR) is 76.2 cm³/mol. The van der Waals surface area contributed by atoms with E-state index >= 15 is 0 Å². The summed E-state index contributed by atoms with van der Waals surface area (Å²) in [6.07, 6.45) is -0.946. The molecule has 1 atom stereocenters. The third-order valence-electron chi connectivity index (χ3n) is 3.34. The number of hydrogen-bond acceptors (Lipinski definition) is 3. The zero-order valence-electron chi connectivity index (χ0n) is 11.4. The highest BCUT2D eigenvalue weighted by molar-refractivity contribution is 6.03.